The van der Waals surface area contributed by atoms with Crippen molar-refractivity contribution in [3.05, 3.63) is 65.5 Å². The molecule has 0 saturated heterocycles. The highest BCUT2D eigenvalue weighted by Gasteiger charge is 2.34. The number of ether oxygens (including phenoxy) is 1. The number of hydrogen-bond donors (Lipinski definition) is 1. The fourth-order valence-corrected chi connectivity index (χ4v) is 3.41. The second-order valence-electron chi connectivity index (χ2n) is 6.19. The van der Waals surface area contributed by atoms with Crippen LogP contribution in [0.25, 0.3) is 5.69 Å². The quantitative estimate of drug-likeness (QED) is 0.568. The molecule has 0 atom stereocenters. The molecule has 1 N–H and O–H groups in total. The Balaban J connectivity index is 1.74. The third kappa shape index (κ3) is 4.76. The number of hydrogen-bond acceptors (Lipinski definition) is 5. The molecule has 1 heterocycles. The van der Waals surface area contributed by atoms with E-state index in [-0.39, 0.29) is 6.54 Å². The number of nitrogens with zero attached hydrogens (tertiary/aromatic N) is 3. The molecule has 30 heavy (non-hydrogen) atoms. The first-order valence-corrected chi connectivity index (χ1v) is 10.1. The molecule has 0 radical (unpaired) electrons. The third-order valence-electron chi connectivity index (χ3n) is 4.32. The van der Waals surface area contributed by atoms with Gasteiger partial charge in [0.25, 0.3) is 5.91 Å². The molecule has 0 aliphatic rings. The van der Waals surface area contributed by atoms with Gasteiger partial charge in [-0.1, -0.05) is 23.9 Å². The standard InChI is InChI=1S/C20H19F3N4O2S/c1-29-14-9-7-13(8-10-14)27-17(25-26-19(27)30-2)11-12-24-18(28)15-5-3-4-6-16(15)20(21,22)23/h3-10H,11-12H2,1-2H3,(H,24,28). The zero-order valence-electron chi connectivity index (χ0n) is 16.2. The van der Waals surface area contributed by atoms with Crippen molar-refractivity contribution < 1.29 is 22.7 Å². The number of carbonyl (C=O) groups excluding carboxylic acids is 1. The SMILES string of the molecule is COc1ccc(-n2c(CCNC(=O)c3ccccc3C(F)(F)F)nnc2SC)cc1. The zero-order valence-corrected chi connectivity index (χ0v) is 17.0. The summed E-state index contributed by atoms with van der Waals surface area (Å²) in [7, 11) is 1.58. The van der Waals surface area contributed by atoms with Gasteiger partial charge in [-0.3, -0.25) is 9.36 Å². The number of alkyl halides is 3. The summed E-state index contributed by atoms with van der Waals surface area (Å²) in [6.07, 6.45) is -2.45. The molecule has 0 unspecified atom stereocenters. The molecule has 1 amide bonds. The minimum atomic E-state index is -4.60. The summed E-state index contributed by atoms with van der Waals surface area (Å²) in [6, 6.07) is 12.0. The highest BCUT2D eigenvalue weighted by molar-refractivity contribution is 7.98. The molecule has 0 aliphatic carbocycles. The molecule has 1 aromatic heterocycles. The molecule has 3 rings (SSSR count). The monoisotopic (exact) mass is 436 g/mol. The van der Waals surface area contributed by atoms with Crippen LogP contribution in [0, 0.1) is 0 Å². The van der Waals surface area contributed by atoms with Crippen molar-refractivity contribution in [2.24, 2.45) is 0 Å². The summed E-state index contributed by atoms with van der Waals surface area (Å²) >= 11 is 1.41. The Morgan fingerprint density at radius 3 is 2.47 bits per heavy atom. The van der Waals surface area contributed by atoms with Crippen LogP contribution in [0.4, 0.5) is 13.2 Å². The summed E-state index contributed by atoms with van der Waals surface area (Å²) in [5.41, 5.74) is -0.561. The second kappa shape index (κ2) is 9.21. The predicted molar refractivity (Wildman–Crippen MR) is 107 cm³/mol. The molecule has 6 nitrogen and oxygen atoms in total. The summed E-state index contributed by atoms with van der Waals surface area (Å²) < 4.78 is 46.4. The number of thioether (sulfide) groups is 1. The molecule has 0 fully saturated rings. The van der Waals surface area contributed by atoms with Crippen LogP contribution in [0.1, 0.15) is 21.7 Å². The summed E-state index contributed by atoms with van der Waals surface area (Å²) in [5.74, 6) is 0.493. The first kappa shape index (κ1) is 21.7. The largest absolute Gasteiger partial charge is 0.497 e. The molecule has 2 aromatic carbocycles. The Morgan fingerprint density at radius 1 is 1.13 bits per heavy atom. The summed E-state index contributed by atoms with van der Waals surface area (Å²) in [4.78, 5) is 12.3. The van der Waals surface area contributed by atoms with Crippen molar-refractivity contribution >= 4 is 17.7 Å². The summed E-state index contributed by atoms with van der Waals surface area (Å²) in [5, 5.41) is 11.5. The molecular formula is C20H19F3N4O2S. The van der Waals surface area contributed by atoms with E-state index in [2.05, 4.69) is 15.5 Å². The van der Waals surface area contributed by atoms with E-state index in [9.17, 15) is 18.0 Å². The molecule has 0 saturated carbocycles. The van der Waals surface area contributed by atoms with Crippen LogP contribution in [0.2, 0.25) is 0 Å². The minimum Gasteiger partial charge on any atom is -0.497 e. The maximum atomic E-state index is 13.1. The molecule has 0 spiro atoms. The topological polar surface area (TPSA) is 69.0 Å². The molecule has 158 valence electrons. The van der Waals surface area contributed by atoms with Crippen LogP contribution in [-0.2, 0) is 12.6 Å². The lowest BCUT2D eigenvalue weighted by Crippen LogP contribution is -2.28. The number of nitrogens with one attached hydrogen (secondary N) is 1. The maximum absolute atomic E-state index is 13.1. The first-order chi connectivity index (χ1) is 14.3. The van der Waals surface area contributed by atoms with Crippen molar-refractivity contribution in [1.82, 2.24) is 20.1 Å². The number of benzene rings is 2. The van der Waals surface area contributed by atoms with Crippen molar-refractivity contribution in [1.29, 1.82) is 0 Å². The van der Waals surface area contributed by atoms with Gasteiger partial charge in [-0.25, -0.2) is 0 Å². The summed E-state index contributed by atoms with van der Waals surface area (Å²) in [6.45, 7) is 0.105. The van der Waals surface area contributed by atoms with Crippen LogP contribution < -0.4 is 10.1 Å². The van der Waals surface area contributed by atoms with Gasteiger partial charge >= 0.3 is 6.18 Å². The van der Waals surface area contributed by atoms with E-state index in [4.69, 9.17) is 4.74 Å². The Hall–Kier alpha value is -3.01. The second-order valence-corrected chi connectivity index (χ2v) is 6.96. The van der Waals surface area contributed by atoms with Crippen molar-refractivity contribution in [2.45, 2.75) is 17.8 Å². The van der Waals surface area contributed by atoms with Crippen LogP contribution in [0.5, 0.6) is 5.75 Å². The normalized spacial score (nSPS) is 11.4. The highest BCUT2D eigenvalue weighted by atomic mass is 32.2. The average Bonchev–Trinajstić information content (AvgIpc) is 3.16. The van der Waals surface area contributed by atoms with E-state index in [0.717, 1.165) is 17.8 Å². The highest BCUT2D eigenvalue weighted by Crippen LogP contribution is 2.31. The Labute approximate surface area is 175 Å². The van der Waals surface area contributed by atoms with Gasteiger partial charge in [-0.2, -0.15) is 13.2 Å². The molecule has 3 aromatic rings. The Bertz CT molecular complexity index is 1020. The van der Waals surface area contributed by atoms with Gasteiger partial charge in [0, 0.05) is 18.7 Å². The lowest BCUT2D eigenvalue weighted by atomic mass is 10.1. The fraction of sp³-hybridized carbons (Fsp3) is 0.250. The van der Waals surface area contributed by atoms with Gasteiger partial charge < -0.3 is 10.1 Å². The van der Waals surface area contributed by atoms with E-state index < -0.39 is 23.2 Å². The number of carbonyl (C=O) groups is 1. The fourth-order valence-electron chi connectivity index (χ4n) is 2.90. The van der Waals surface area contributed by atoms with Crippen LogP contribution >= 0.6 is 11.8 Å². The van der Waals surface area contributed by atoms with Crippen molar-refractivity contribution in [2.75, 3.05) is 19.9 Å². The van der Waals surface area contributed by atoms with E-state index in [0.29, 0.717) is 23.2 Å². The number of methoxy groups -OCH3 is 1. The van der Waals surface area contributed by atoms with E-state index in [1.54, 1.807) is 19.2 Å². The predicted octanol–water partition coefficient (Wildman–Crippen LogP) is 3.99. The van der Waals surface area contributed by atoms with Crippen molar-refractivity contribution in [3.8, 4) is 11.4 Å². The van der Waals surface area contributed by atoms with Gasteiger partial charge in [0.1, 0.15) is 11.6 Å². The lowest BCUT2D eigenvalue weighted by Gasteiger charge is -2.13. The minimum absolute atomic E-state index is 0.105. The van der Waals surface area contributed by atoms with Gasteiger partial charge in [-0.15, -0.1) is 10.2 Å². The van der Waals surface area contributed by atoms with Crippen molar-refractivity contribution in [3.63, 3.8) is 0 Å². The number of rotatable bonds is 7. The van der Waals surface area contributed by atoms with Gasteiger partial charge in [0.2, 0.25) is 0 Å². The van der Waals surface area contributed by atoms with E-state index in [1.165, 1.54) is 23.9 Å². The average molecular weight is 436 g/mol. The smallest absolute Gasteiger partial charge is 0.417 e. The molecular weight excluding hydrogens is 417 g/mol. The number of amides is 1. The number of aromatic nitrogens is 3. The maximum Gasteiger partial charge on any atom is 0.417 e. The van der Waals surface area contributed by atoms with Crippen LogP contribution in [0.15, 0.2) is 53.7 Å². The first-order valence-electron chi connectivity index (χ1n) is 8.92. The van der Waals surface area contributed by atoms with E-state index >= 15 is 0 Å². The van der Waals surface area contributed by atoms with E-state index in [1.807, 2.05) is 23.0 Å². The van der Waals surface area contributed by atoms with Gasteiger partial charge in [0.05, 0.1) is 18.2 Å². The molecule has 0 bridgehead atoms. The Morgan fingerprint density at radius 2 is 1.83 bits per heavy atom. The lowest BCUT2D eigenvalue weighted by molar-refractivity contribution is -0.137. The number of halogens is 3. The van der Waals surface area contributed by atoms with Crippen LogP contribution in [0.3, 0.4) is 0 Å². The zero-order chi connectivity index (χ0) is 21.7. The van der Waals surface area contributed by atoms with Gasteiger partial charge in [0.15, 0.2) is 5.16 Å². The third-order valence-corrected chi connectivity index (χ3v) is 4.95. The Kier molecular flexibility index (Phi) is 6.66. The molecule has 0 aliphatic heterocycles. The van der Waals surface area contributed by atoms with Gasteiger partial charge in [-0.05, 0) is 42.7 Å². The molecule has 10 heteroatoms. The van der Waals surface area contributed by atoms with Crippen LogP contribution in [-0.4, -0.2) is 40.6 Å².